The molecule has 28 heavy (non-hydrogen) atoms. The molecule has 9 heteroatoms. The van der Waals surface area contributed by atoms with E-state index in [0.717, 1.165) is 31.2 Å². The first-order valence-electron chi connectivity index (χ1n) is 9.32. The number of halogens is 4. The average Bonchev–Trinajstić information content (AvgIpc) is 3.02. The van der Waals surface area contributed by atoms with Crippen molar-refractivity contribution in [3.8, 4) is 0 Å². The van der Waals surface area contributed by atoms with E-state index in [1.165, 1.54) is 12.8 Å². The molecule has 1 fully saturated rings. The van der Waals surface area contributed by atoms with Crippen molar-refractivity contribution in [3.63, 3.8) is 0 Å². The Balaban J connectivity index is 0.00000392. The molecular formula is C19H30F3IN4O. The van der Waals surface area contributed by atoms with Crippen LogP contribution in [0.4, 0.5) is 13.2 Å². The molecule has 1 aliphatic heterocycles. The number of guanidine groups is 1. The standard InChI is InChI=1S/C19H29F3N4O.HI/c1-3-23-18(25-12-17-5-4-10-26(17)2)24-11-15-6-8-16(9-7-15)13-27-14-19(20,21)22;/h6-9,17H,3-5,10-14H2,1-2H3,(H2,23,24,25);1H. The van der Waals surface area contributed by atoms with Gasteiger partial charge in [-0.3, -0.25) is 0 Å². The summed E-state index contributed by atoms with van der Waals surface area (Å²) in [6.07, 6.45) is -1.87. The maximum Gasteiger partial charge on any atom is 0.411 e. The van der Waals surface area contributed by atoms with Crippen molar-refractivity contribution >= 4 is 29.9 Å². The van der Waals surface area contributed by atoms with Crippen molar-refractivity contribution in [2.45, 2.75) is 45.1 Å². The molecule has 0 bridgehead atoms. The number of alkyl halides is 3. The van der Waals surface area contributed by atoms with Gasteiger partial charge < -0.3 is 20.3 Å². The van der Waals surface area contributed by atoms with Crippen LogP contribution in [0.1, 0.15) is 30.9 Å². The highest BCUT2D eigenvalue weighted by Crippen LogP contribution is 2.16. The normalized spacial score (nSPS) is 18.0. The summed E-state index contributed by atoms with van der Waals surface area (Å²) in [5.74, 6) is 0.774. The molecule has 1 unspecified atom stereocenters. The maximum atomic E-state index is 12.1. The van der Waals surface area contributed by atoms with Crippen LogP contribution >= 0.6 is 24.0 Å². The highest BCUT2D eigenvalue weighted by molar-refractivity contribution is 14.0. The molecule has 1 aromatic carbocycles. The van der Waals surface area contributed by atoms with Crippen LogP contribution in [-0.4, -0.2) is 56.4 Å². The van der Waals surface area contributed by atoms with Crippen LogP contribution in [0.5, 0.6) is 0 Å². The highest BCUT2D eigenvalue weighted by Gasteiger charge is 2.27. The SMILES string of the molecule is CCNC(=NCc1ccc(COCC(F)(F)F)cc1)NCC1CCCN1C.I. The van der Waals surface area contributed by atoms with Crippen molar-refractivity contribution < 1.29 is 17.9 Å². The molecule has 1 heterocycles. The number of nitrogens with zero attached hydrogens (tertiary/aromatic N) is 2. The van der Waals surface area contributed by atoms with E-state index in [0.29, 0.717) is 18.2 Å². The molecule has 1 saturated heterocycles. The summed E-state index contributed by atoms with van der Waals surface area (Å²) in [6.45, 7) is 4.02. The largest absolute Gasteiger partial charge is 0.411 e. The Hall–Kier alpha value is -1.07. The molecule has 0 amide bonds. The van der Waals surface area contributed by atoms with E-state index in [-0.39, 0.29) is 30.6 Å². The molecule has 0 saturated carbocycles. The summed E-state index contributed by atoms with van der Waals surface area (Å²) < 4.78 is 40.9. The summed E-state index contributed by atoms with van der Waals surface area (Å²) in [5, 5.41) is 6.63. The van der Waals surface area contributed by atoms with Gasteiger partial charge in [-0.05, 0) is 44.5 Å². The summed E-state index contributed by atoms with van der Waals surface area (Å²) in [6, 6.07) is 7.81. The van der Waals surface area contributed by atoms with Crippen molar-refractivity contribution in [3.05, 3.63) is 35.4 Å². The van der Waals surface area contributed by atoms with Crippen LogP contribution in [0.15, 0.2) is 29.3 Å². The van der Waals surface area contributed by atoms with Crippen molar-refractivity contribution in [2.24, 2.45) is 4.99 Å². The van der Waals surface area contributed by atoms with Crippen molar-refractivity contribution in [2.75, 3.05) is 33.3 Å². The Morgan fingerprint density at radius 3 is 2.46 bits per heavy atom. The first kappa shape index (κ1) is 25.0. The quantitative estimate of drug-likeness (QED) is 0.317. The zero-order chi connectivity index (χ0) is 19.7. The molecule has 1 atom stereocenters. The molecule has 5 nitrogen and oxygen atoms in total. The smallest absolute Gasteiger partial charge is 0.367 e. The predicted octanol–water partition coefficient (Wildman–Crippen LogP) is 3.53. The molecule has 0 radical (unpaired) electrons. The van der Waals surface area contributed by atoms with Crippen LogP contribution in [0, 0.1) is 0 Å². The Bertz CT molecular complexity index is 596. The fourth-order valence-corrected chi connectivity index (χ4v) is 2.99. The van der Waals surface area contributed by atoms with Gasteiger partial charge in [0.2, 0.25) is 0 Å². The van der Waals surface area contributed by atoms with Crippen LogP contribution in [0.2, 0.25) is 0 Å². The molecule has 0 spiro atoms. The van der Waals surface area contributed by atoms with Gasteiger partial charge in [0.1, 0.15) is 6.61 Å². The van der Waals surface area contributed by atoms with E-state index in [1.54, 1.807) is 12.1 Å². The number of hydrogen-bond acceptors (Lipinski definition) is 3. The van der Waals surface area contributed by atoms with Crippen LogP contribution < -0.4 is 10.6 Å². The van der Waals surface area contributed by atoms with Crippen LogP contribution in [0.3, 0.4) is 0 Å². The van der Waals surface area contributed by atoms with E-state index in [2.05, 4.69) is 32.3 Å². The lowest BCUT2D eigenvalue weighted by Crippen LogP contribution is -2.44. The fourth-order valence-electron chi connectivity index (χ4n) is 2.99. The Morgan fingerprint density at radius 1 is 1.21 bits per heavy atom. The Morgan fingerprint density at radius 2 is 1.89 bits per heavy atom. The number of benzene rings is 1. The third-order valence-corrected chi connectivity index (χ3v) is 4.50. The van der Waals surface area contributed by atoms with Gasteiger partial charge in [-0.2, -0.15) is 13.2 Å². The van der Waals surface area contributed by atoms with Gasteiger partial charge in [0.25, 0.3) is 0 Å². The molecule has 2 rings (SSSR count). The van der Waals surface area contributed by atoms with Gasteiger partial charge in [0, 0.05) is 19.1 Å². The second-order valence-electron chi connectivity index (χ2n) is 6.78. The number of nitrogens with one attached hydrogen (secondary N) is 2. The van der Waals surface area contributed by atoms with Gasteiger partial charge in [0.05, 0.1) is 13.2 Å². The van der Waals surface area contributed by atoms with Gasteiger partial charge >= 0.3 is 6.18 Å². The lowest BCUT2D eigenvalue weighted by molar-refractivity contribution is -0.176. The zero-order valence-electron chi connectivity index (χ0n) is 16.4. The van der Waals surface area contributed by atoms with Crippen molar-refractivity contribution in [1.29, 1.82) is 0 Å². The maximum absolute atomic E-state index is 12.1. The number of rotatable bonds is 8. The van der Waals surface area contributed by atoms with E-state index in [9.17, 15) is 13.2 Å². The number of hydrogen-bond donors (Lipinski definition) is 2. The van der Waals surface area contributed by atoms with E-state index >= 15 is 0 Å². The molecule has 0 aromatic heterocycles. The minimum absolute atomic E-state index is 0. The van der Waals surface area contributed by atoms with E-state index in [4.69, 9.17) is 0 Å². The van der Waals surface area contributed by atoms with Crippen LogP contribution in [0.25, 0.3) is 0 Å². The number of ether oxygens (including phenoxy) is 1. The minimum Gasteiger partial charge on any atom is -0.367 e. The second kappa shape index (κ2) is 12.5. The Labute approximate surface area is 182 Å². The average molecular weight is 514 g/mol. The number of likely N-dealkylation sites (N-methyl/N-ethyl adjacent to an activating group) is 1. The van der Waals surface area contributed by atoms with Gasteiger partial charge in [-0.1, -0.05) is 24.3 Å². The zero-order valence-corrected chi connectivity index (χ0v) is 18.7. The minimum atomic E-state index is -4.29. The second-order valence-corrected chi connectivity index (χ2v) is 6.78. The lowest BCUT2D eigenvalue weighted by atomic mass is 10.1. The highest BCUT2D eigenvalue weighted by atomic mass is 127. The van der Waals surface area contributed by atoms with Crippen molar-refractivity contribution in [1.82, 2.24) is 15.5 Å². The van der Waals surface area contributed by atoms with E-state index in [1.807, 2.05) is 19.1 Å². The molecule has 0 aliphatic carbocycles. The molecule has 1 aliphatic rings. The molecule has 2 N–H and O–H groups in total. The van der Waals surface area contributed by atoms with Gasteiger partial charge in [-0.15, -0.1) is 24.0 Å². The summed E-state index contributed by atoms with van der Waals surface area (Å²) >= 11 is 0. The topological polar surface area (TPSA) is 48.9 Å². The Kier molecular flexibility index (Phi) is 11.1. The third-order valence-electron chi connectivity index (χ3n) is 4.50. The van der Waals surface area contributed by atoms with Crippen LogP contribution in [-0.2, 0) is 17.9 Å². The lowest BCUT2D eigenvalue weighted by Gasteiger charge is -2.21. The number of aliphatic imine (C=N–C) groups is 1. The molecular weight excluding hydrogens is 484 g/mol. The van der Waals surface area contributed by atoms with Gasteiger partial charge in [0.15, 0.2) is 5.96 Å². The summed E-state index contributed by atoms with van der Waals surface area (Å²) in [4.78, 5) is 6.95. The molecule has 160 valence electrons. The fraction of sp³-hybridized carbons (Fsp3) is 0.632. The van der Waals surface area contributed by atoms with E-state index < -0.39 is 12.8 Å². The predicted molar refractivity (Wildman–Crippen MR) is 116 cm³/mol. The monoisotopic (exact) mass is 514 g/mol. The summed E-state index contributed by atoms with van der Waals surface area (Å²) in [7, 11) is 2.14. The molecule has 1 aromatic rings. The summed E-state index contributed by atoms with van der Waals surface area (Å²) in [5.41, 5.74) is 1.70. The van der Waals surface area contributed by atoms with Gasteiger partial charge in [-0.25, -0.2) is 4.99 Å². The first-order valence-corrected chi connectivity index (χ1v) is 9.32. The third kappa shape index (κ3) is 9.42. The number of likely N-dealkylation sites (tertiary alicyclic amines) is 1. The first-order chi connectivity index (χ1) is 12.9.